The number of likely N-dealkylation sites (tertiary alicyclic amines) is 1. The molecule has 0 aromatic heterocycles. The number of rotatable bonds is 3. The van der Waals surface area contributed by atoms with Crippen molar-refractivity contribution in [2.45, 2.75) is 26.2 Å². The number of piperidine rings is 1. The second-order valence-corrected chi connectivity index (χ2v) is 5.05. The van der Waals surface area contributed by atoms with Crippen molar-refractivity contribution in [3.05, 3.63) is 28.8 Å². The molecule has 1 aliphatic heterocycles. The van der Waals surface area contributed by atoms with Crippen LogP contribution in [0.15, 0.2) is 18.2 Å². The lowest BCUT2D eigenvalue weighted by atomic mass is 10.1. The van der Waals surface area contributed by atoms with Crippen molar-refractivity contribution < 1.29 is 9.53 Å². The van der Waals surface area contributed by atoms with Crippen LogP contribution in [0, 0.1) is 6.92 Å². The molecule has 1 amide bonds. The normalized spacial score (nSPS) is 15.6. The van der Waals surface area contributed by atoms with E-state index in [2.05, 4.69) is 0 Å². The van der Waals surface area contributed by atoms with E-state index in [-0.39, 0.29) is 12.5 Å². The van der Waals surface area contributed by atoms with Crippen molar-refractivity contribution in [3.8, 4) is 5.75 Å². The number of benzene rings is 1. The first kappa shape index (κ1) is 13.2. The van der Waals surface area contributed by atoms with E-state index in [4.69, 9.17) is 16.3 Å². The first-order chi connectivity index (χ1) is 8.66. The monoisotopic (exact) mass is 267 g/mol. The van der Waals surface area contributed by atoms with Crippen molar-refractivity contribution in [2.24, 2.45) is 0 Å². The van der Waals surface area contributed by atoms with E-state index in [1.165, 1.54) is 6.42 Å². The summed E-state index contributed by atoms with van der Waals surface area (Å²) in [5, 5.41) is 0.713. The highest BCUT2D eigenvalue weighted by Crippen LogP contribution is 2.21. The number of nitrogens with zero attached hydrogens (tertiary/aromatic N) is 1. The number of amides is 1. The molecule has 0 bridgehead atoms. The van der Waals surface area contributed by atoms with Crippen molar-refractivity contribution in [3.63, 3.8) is 0 Å². The van der Waals surface area contributed by atoms with Gasteiger partial charge in [-0.15, -0.1) is 0 Å². The third kappa shape index (κ3) is 3.39. The fraction of sp³-hybridized carbons (Fsp3) is 0.500. The quantitative estimate of drug-likeness (QED) is 0.842. The van der Waals surface area contributed by atoms with Gasteiger partial charge in [-0.25, -0.2) is 0 Å². The maximum absolute atomic E-state index is 11.9. The Hall–Kier alpha value is -1.22. The zero-order valence-electron chi connectivity index (χ0n) is 10.6. The lowest BCUT2D eigenvalue weighted by Gasteiger charge is -2.26. The molecule has 0 unspecified atom stereocenters. The summed E-state index contributed by atoms with van der Waals surface area (Å²) in [4.78, 5) is 13.8. The van der Waals surface area contributed by atoms with E-state index in [0.29, 0.717) is 10.8 Å². The molecule has 18 heavy (non-hydrogen) atoms. The molecule has 4 heteroatoms. The van der Waals surface area contributed by atoms with Crippen molar-refractivity contribution in [2.75, 3.05) is 19.7 Å². The Morgan fingerprint density at radius 3 is 2.72 bits per heavy atom. The van der Waals surface area contributed by atoms with E-state index >= 15 is 0 Å². The lowest BCUT2D eigenvalue weighted by Crippen LogP contribution is -2.38. The smallest absolute Gasteiger partial charge is 0.260 e. The Balaban J connectivity index is 1.86. The molecule has 2 rings (SSSR count). The topological polar surface area (TPSA) is 29.5 Å². The molecule has 0 N–H and O–H groups in total. The second-order valence-electron chi connectivity index (χ2n) is 4.64. The molecule has 1 heterocycles. The Bertz CT molecular complexity index is 428. The number of hydrogen-bond donors (Lipinski definition) is 0. The van der Waals surface area contributed by atoms with Gasteiger partial charge in [-0.05, 0) is 49.9 Å². The van der Waals surface area contributed by atoms with Gasteiger partial charge in [-0.1, -0.05) is 11.6 Å². The van der Waals surface area contributed by atoms with Crippen LogP contribution in [0.25, 0.3) is 0 Å². The maximum atomic E-state index is 11.9. The van der Waals surface area contributed by atoms with Crippen LogP contribution in [0.3, 0.4) is 0 Å². The minimum Gasteiger partial charge on any atom is -0.484 e. The van der Waals surface area contributed by atoms with Crippen molar-refractivity contribution in [1.82, 2.24) is 4.90 Å². The first-order valence-electron chi connectivity index (χ1n) is 6.33. The van der Waals surface area contributed by atoms with Crippen LogP contribution in [0.2, 0.25) is 5.02 Å². The summed E-state index contributed by atoms with van der Waals surface area (Å²) in [7, 11) is 0. The highest BCUT2D eigenvalue weighted by Gasteiger charge is 2.16. The zero-order chi connectivity index (χ0) is 13.0. The molecule has 3 nitrogen and oxygen atoms in total. The van der Waals surface area contributed by atoms with Crippen LogP contribution in [0.4, 0.5) is 0 Å². The largest absolute Gasteiger partial charge is 0.484 e. The summed E-state index contributed by atoms with van der Waals surface area (Å²) in [5.74, 6) is 0.768. The first-order valence-corrected chi connectivity index (χ1v) is 6.71. The predicted octanol–water partition coefficient (Wildman–Crippen LogP) is 3.04. The van der Waals surface area contributed by atoms with Gasteiger partial charge in [-0.3, -0.25) is 4.79 Å². The van der Waals surface area contributed by atoms with E-state index in [1.807, 2.05) is 17.9 Å². The second kappa shape index (κ2) is 6.10. The van der Waals surface area contributed by atoms with Crippen LogP contribution in [0.1, 0.15) is 24.8 Å². The fourth-order valence-electron chi connectivity index (χ4n) is 2.09. The molecule has 0 radical (unpaired) electrons. The van der Waals surface area contributed by atoms with Gasteiger partial charge in [0.2, 0.25) is 0 Å². The maximum Gasteiger partial charge on any atom is 0.260 e. The van der Waals surface area contributed by atoms with Crippen LogP contribution < -0.4 is 4.74 Å². The molecule has 1 saturated heterocycles. The Labute approximate surface area is 113 Å². The third-order valence-electron chi connectivity index (χ3n) is 3.20. The summed E-state index contributed by atoms with van der Waals surface area (Å²) in [6.45, 7) is 3.76. The molecule has 0 saturated carbocycles. The van der Waals surface area contributed by atoms with Crippen LogP contribution in [-0.2, 0) is 4.79 Å². The van der Waals surface area contributed by atoms with Gasteiger partial charge in [0.1, 0.15) is 5.75 Å². The standard InChI is InChI=1S/C14H18ClNO2/c1-11-9-12(5-6-13(11)15)18-10-14(17)16-7-3-2-4-8-16/h5-6,9H,2-4,7-8,10H2,1H3. The van der Waals surface area contributed by atoms with Gasteiger partial charge in [-0.2, -0.15) is 0 Å². The molecule has 0 aliphatic carbocycles. The highest BCUT2D eigenvalue weighted by molar-refractivity contribution is 6.31. The van der Waals surface area contributed by atoms with Crippen LogP contribution >= 0.6 is 11.6 Å². The van der Waals surface area contributed by atoms with Gasteiger partial charge in [0.25, 0.3) is 5.91 Å². The number of ether oxygens (including phenoxy) is 1. The molecular formula is C14H18ClNO2. The lowest BCUT2D eigenvalue weighted by molar-refractivity contribution is -0.134. The molecule has 0 atom stereocenters. The van der Waals surface area contributed by atoms with E-state index in [9.17, 15) is 4.79 Å². The number of hydrogen-bond acceptors (Lipinski definition) is 2. The van der Waals surface area contributed by atoms with Gasteiger partial charge >= 0.3 is 0 Å². The van der Waals surface area contributed by atoms with Crippen molar-refractivity contribution in [1.29, 1.82) is 0 Å². The van der Waals surface area contributed by atoms with Crippen LogP contribution in [-0.4, -0.2) is 30.5 Å². The molecule has 0 spiro atoms. The Kier molecular flexibility index (Phi) is 4.48. The summed E-state index contributed by atoms with van der Waals surface area (Å²) in [6, 6.07) is 5.43. The Morgan fingerprint density at radius 2 is 2.06 bits per heavy atom. The van der Waals surface area contributed by atoms with E-state index in [1.54, 1.807) is 12.1 Å². The van der Waals surface area contributed by atoms with Gasteiger partial charge in [0.15, 0.2) is 6.61 Å². The van der Waals surface area contributed by atoms with E-state index < -0.39 is 0 Å². The number of carbonyl (C=O) groups is 1. The molecule has 98 valence electrons. The molecular weight excluding hydrogens is 250 g/mol. The number of aryl methyl sites for hydroxylation is 1. The SMILES string of the molecule is Cc1cc(OCC(=O)N2CCCCC2)ccc1Cl. The minimum atomic E-state index is 0.0716. The molecule has 1 aliphatic rings. The van der Waals surface area contributed by atoms with Crippen LogP contribution in [0.5, 0.6) is 5.75 Å². The molecule has 1 aromatic carbocycles. The average Bonchev–Trinajstić information content (AvgIpc) is 2.41. The summed E-state index contributed by atoms with van der Waals surface area (Å²) in [6.07, 6.45) is 3.43. The number of halogens is 1. The molecule has 1 aromatic rings. The summed E-state index contributed by atoms with van der Waals surface area (Å²) in [5.41, 5.74) is 0.958. The van der Waals surface area contributed by atoms with Crippen molar-refractivity contribution >= 4 is 17.5 Å². The molecule has 1 fully saturated rings. The Morgan fingerprint density at radius 1 is 1.33 bits per heavy atom. The zero-order valence-corrected chi connectivity index (χ0v) is 11.4. The predicted molar refractivity (Wildman–Crippen MR) is 72.1 cm³/mol. The number of carbonyl (C=O) groups excluding carboxylic acids is 1. The van der Waals surface area contributed by atoms with E-state index in [0.717, 1.165) is 31.5 Å². The minimum absolute atomic E-state index is 0.0716. The fourth-order valence-corrected chi connectivity index (χ4v) is 2.20. The van der Waals surface area contributed by atoms with Gasteiger partial charge < -0.3 is 9.64 Å². The van der Waals surface area contributed by atoms with Gasteiger partial charge in [0, 0.05) is 18.1 Å². The average molecular weight is 268 g/mol. The summed E-state index contributed by atoms with van der Waals surface area (Å²) >= 11 is 5.93. The van der Waals surface area contributed by atoms with Gasteiger partial charge in [0.05, 0.1) is 0 Å². The summed E-state index contributed by atoms with van der Waals surface area (Å²) < 4.78 is 5.51. The third-order valence-corrected chi connectivity index (χ3v) is 3.62. The highest BCUT2D eigenvalue weighted by atomic mass is 35.5.